The van der Waals surface area contributed by atoms with Crippen LogP contribution in [0.4, 0.5) is 11.4 Å². The summed E-state index contributed by atoms with van der Waals surface area (Å²) in [6.45, 7) is 0. The second-order valence-corrected chi connectivity index (χ2v) is 4.81. The first kappa shape index (κ1) is 10.5. The van der Waals surface area contributed by atoms with Crippen LogP contribution in [0.25, 0.3) is 0 Å². The van der Waals surface area contributed by atoms with Gasteiger partial charge in [-0.15, -0.1) is 0 Å². The average Bonchev–Trinajstić information content (AvgIpc) is 2.74. The summed E-state index contributed by atoms with van der Waals surface area (Å²) in [5, 5.41) is 3.46. The highest BCUT2D eigenvalue weighted by atomic mass is 32.2. The van der Waals surface area contributed by atoms with Crippen LogP contribution in [0.1, 0.15) is 6.42 Å². The average molecular weight is 224 g/mol. The summed E-state index contributed by atoms with van der Waals surface area (Å²) in [5.74, 6) is 3.22. The van der Waals surface area contributed by atoms with E-state index in [4.69, 9.17) is 10.5 Å². The fourth-order valence-electron chi connectivity index (χ4n) is 1.67. The predicted octanol–water partition coefficient (Wildman–Crippen LogP) is 2.19. The molecular weight excluding hydrogens is 208 g/mol. The zero-order chi connectivity index (χ0) is 10.7. The van der Waals surface area contributed by atoms with Crippen molar-refractivity contribution in [1.82, 2.24) is 0 Å². The maximum atomic E-state index is 5.93. The normalized spacial score (nSPS) is 20.2. The Morgan fingerprint density at radius 3 is 3.00 bits per heavy atom. The molecule has 1 unspecified atom stereocenters. The number of thioether (sulfide) groups is 1. The van der Waals surface area contributed by atoms with Gasteiger partial charge in [0, 0.05) is 17.9 Å². The Balaban J connectivity index is 2.07. The minimum atomic E-state index is 0.561. The van der Waals surface area contributed by atoms with Gasteiger partial charge in [-0.1, -0.05) is 0 Å². The van der Waals surface area contributed by atoms with Crippen LogP contribution in [-0.2, 0) is 0 Å². The van der Waals surface area contributed by atoms with Gasteiger partial charge in [0.25, 0.3) is 0 Å². The molecule has 1 atom stereocenters. The van der Waals surface area contributed by atoms with Crippen molar-refractivity contribution < 1.29 is 4.74 Å². The van der Waals surface area contributed by atoms with Crippen molar-refractivity contribution in [2.75, 3.05) is 29.7 Å². The van der Waals surface area contributed by atoms with E-state index in [2.05, 4.69) is 5.32 Å². The summed E-state index contributed by atoms with van der Waals surface area (Å²) in [6, 6.07) is 6.33. The summed E-state index contributed by atoms with van der Waals surface area (Å²) in [7, 11) is 1.65. The number of ether oxygens (including phenoxy) is 1. The second kappa shape index (κ2) is 4.66. The number of hydrogen-bond acceptors (Lipinski definition) is 4. The number of anilines is 2. The largest absolute Gasteiger partial charge is 0.497 e. The molecule has 0 amide bonds. The molecule has 15 heavy (non-hydrogen) atoms. The molecule has 1 aliphatic heterocycles. The Hall–Kier alpha value is -1.03. The van der Waals surface area contributed by atoms with E-state index in [9.17, 15) is 0 Å². The standard InChI is InChI=1S/C11H16N2OS/c1-14-9-2-3-11(10(12)6-9)13-8-4-5-15-7-8/h2-3,6,8,13H,4-5,7,12H2,1H3. The number of nitrogens with one attached hydrogen (secondary N) is 1. The first-order valence-electron chi connectivity index (χ1n) is 5.07. The molecule has 0 aromatic heterocycles. The molecular formula is C11H16N2OS. The third kappa shape index (κ3) is 2.50. The fourth-order valence-corrected chi connectivity index (χ4v) is 2.82. The van der Waals surface area contributed by atoms with Gasteiger partial charge in [0.2, 0.25) is 0 Å². The van der Waals surface area contributed by atoms with Crippen LogP contribution >= 0.6 is 11.8 Å². The van der Waals surface area contributed by atoms with Gasteiger partial charge in [0.1, 0.15) is 5.75 Å². The topological polar surface area (TPSA) is 47.3 Å². The Morgan fingerprint density at radius 2 is 2.40 bits per heavy atom. The highest BCUT2D eigenvalue weighted by Gasteiger charge is 2.15. The molecule has 0 aliphatic carbocycles. The monoisotopic (exact) mass is 224 g/mol. The third-order valence-corrected chi connectivity index (χ3v) is 3.71. The van der Waals surface area contributed by atoms with Crippen LogP contribution in [0.2, 0.25) is 0 Å². The SMILES string of the molecule is COc1ccc(NC2CCSC2)c(N)c1. The molecule has 0 saturated carbocycles. The van der Waals surface area contributed by atoms with Gasteiger partial charge in [0.15, 0.2) is 0 Å². The quantitative estimate of drug-likeness (QED) is 0.773. The van der Waals surface area contributed by atoms with Crippen molar-refractivity contribution in [2.24, 2.45) is 0 Å². The number of methoxy groups -OCH3 is 1. The van der Waals surface area contributed by atoms with Gasteiger partial charge >= 0.3 is 0 Å². The highest BCUT2D eigenvalue weighted by Crippen LogP contribution is 2.27. The van der Waals surface area contributed by atoms with Gasteiger partial charge in [-0.25, -0.2) is 0 Å². The molecule has 82 valence electrons. The third-order valence-electron chi connectivity index (χ3n) is 2.55. The summed E-state index contributed by atoms with van der Waals surface area (Å²) in [6.07, 6.45) is 1.22. The Morgan fingerprint density at radius 1 is 1.53 bits per heavy atom. The van der Waals surface area contributed by atoms with Crippen molar-refractivity contribution in [2.45, 2.75) is 12.5 Å². The lowest BCUT2D eigenvalue weighted by Gasteiger charge is -2.15. The Kier molecular flexibility index (Phi) is 3.26. The van der Waals surface area contributed by atoms with E-state index in [1.807, 2.05) is 30.0 Å². The van der Waals surface area contributed by atoms with Crippen LogP contribution in [0.3, 0.4) is 0 Å². The van der Waals surface area contributed by atoms with Crippen LogP contribution in [0, 0.1) is 0 Å². The van der Waals surface area contributed by atoms with Gasteiger partial charge in [-0.05, 0) is 24.3 Å². The molecule has 0 radical (unpaired) electrons. The van der Waals surface area contributed by atoms with E-state index in [1.165, 1.54) is 17.9 Å². The van der Waals surface area contributed by atoms with E-state index >= 15 is 0 Å². The minimum Gasteiger partial charge on any atom is -0.497 e. The number of rotatable bonds is 3. The zero-order valence-electron chi connectivity index (χ0n) is 8.82. The van der Waals surface area contributed by atoms with Gasteiger partial charge in [-0.3, -0.25) is 0 Å². The number of benzene rings is 1. The molecule has 1 saturated heterocycles. The summed E-state index contributed by atoms with van der Waals surface area (Å²) in [4.78, 5) is 0. The zero-order valence-corrected chi connectivity index (χ0v) is 9.64. The van der Waals surface area contributed by atoms with Crippen LogP contribution in [-0.4, -0.2) is 24.7 Å². The van der Waals surface area contributed by atoms with Crippen molar-refractivity contribution in [3.8, 4) is 5.75 Å². The summed E-state index contributed by atoms with van der Waals surface area (Å²) >= 11 is 1.99. The lowest BCUT2D eigenvalue weighted by atomic mass is 10.2. The smallest absolute Gasteiger partial charge is 0.121 e. The van der Waals surface area contributed by atoms with Gasteiger partial charge < -0.3 is 15.8 Å². The number of nitrogen functional groups attached to an aromatic ring is 1. The summed E-state index contributed by atoms with van der Waals surface area (Å²) < 4.78 is 5.11. The van der Waals surface area contributed by atoms with Gasteiger partial charge in [0.05, 0.1) is 18.5 Å². The van der Waals surface area contributed by atoms with Crippen LogP contribution < -0.4 is 15.8 Å². The minimum absolute atomic E-state index is 0.561. The molecule has 1 heterocycles. The molecule has 4 heteroatoms. The van der Waals surface area contributed by atoms with Crippen LogP contribution in [0.5, 0.6) is 5.75 Å². The van der Waals surface area contributed by atoms with E-state index in [0.717, 1.165) is 17.1 Å². The van der Waals surface area contributed by atoms with E-state index in [-0.39, 0.29) is 0 Å². The Labute approximate surface area is 94.4 Å². The molecule has 2 rings (SSSR count). The first-order valence-corrected chi connectivity index (χ1v) is 6.23. The molecule has 1 aromatic rings. The van der Waals surface area contributed by atoms with Crippen molar-refractivity contribution in [3.63, 3.8) is 0 Å². The molecule has 3 nitrogen and oxygen atoms in total. The van der Waals surface area contributed by atoms with Crippen molar-refractivity contribution in [1.29, 1.82) is 0 Å². The predicted molar refractivity (Wildman–Crippen MR) is 66.8 cm³/mol. The second-order valence-electron chi connectivity index (χ2n) is 3.66. The molecule has 0 spiro atoms. The van der Waals surface area contributed by atoms with Crippen LogP contribution in [0.15, 0.2) is 18.2 Å². The van der Waals surface area contributed by atoms with E-state index < -0.39 is 0 Å². The lowest BCUT2D eigenvalue weighted by molar-refractivity contribution is 0.415. The van der Waals surface area contributed by atoms with Crippen molar-refractivity contribution in [3.05, 3.63) is 18.2 Å². The van der Waals surface area contributed by atoms with Crippen molar-refractivity contribution >= 4 is 23.1 Å². The maximum absolute atomic E-state index is 5.93. The fraction of sp³-hybridized carbons (Fsp3) is 0.455. The highest BCUT2D eigenvalue weighted by molar-refractivity contribution is 7.99. The molecule has 1 fully saturated rings. The lowest BCUT2D eigenvalue weighted by Crippen LogP contribution is -2.18. The number of nitrogens with two attached hydrogens (primary N) is 1. The maximum Gasteiger partial charge on any atom is 0.121 e. The Bertz CT molecular complexity index is 337. The number of hydrogen-bond donors (Lipinski definition) is 2. The van der Waals surface area contributed by atoms with E-state index in [1.54, 1.807) is 7.11 Å². The van der Waals surface area contributed by atoms with Gasteiger partial charge in [-0.2, -0.15) is 11.8 Å². The van der Waals surface area contributed by atoms with E-state index in [0.29, 0.717) is 6.04 Å². The molecule has 1 aliphatic rings. The molecule has 0 bridgehead atoms. The molecule has 3 N–H and O–H groups in total. The molecule has 1 aromatic carbocycles. The summed E-state index contributed by atoms with van der Waals surface area (Å²) in [5.41, 5.74) is 7.70. The first-order chi connectivity index (χ1) is 7.29.